The van der Waals surface area contributed by atoms with Gasteiger partial charge in [-0.15, -0.1) is 0 Å². The molecular formula is C15H23N3O. The standard InChI is InChI=1S/C15H23N3O/c1-11-4-5-14(12(2)10-11)17-15(19)13(3)18-8-6-16-7-9-18/h4-5,10,13,16H,6-9H2,1-3H3,(H,17,19). The van der Waals surface area contributed by atoms with Gasteiger partial charge in [0.1, 0.15) is 0 Å². The Labute approximate surface area is 115 Å². The molecule has 1 saturated heterocycles. The Morgan fingerprint density at radius 3 is 2.63 bits per heavy atom. The Morgan fingerprint density at radius 1 is 1.32 bits per heavy atom. The molecule has 0 bridgehead atoms. The molecule has 2 rings (SSSR count). The van der Waals surface area contributed by atoms with Crippen LogP contribution in [0.25, 0.3) is 0 Å². The topological polar surface area (TPSA) is 44.4 Å². The van der Waals surface area contributed by atoms with E-state index >= 15 is 0 Å². The van der Waals surface area contributed by atoms with Crippen LogP contribution in [0.5, 0.6) is 0 Å². The minimum atomic E-state index is -0.0807. The molecular weight excluding hydrogens is 238 g/mol. The molecule has 1 aromatic rings. The summed E-state index contributed by atoms with van der Waals surface area (Å²) in [6.07, 6.45) is 0. The summed E-state index contributed by atoms with van der Waals surface area (Å²) in [4.78, 5) is 14.5. The highest BCUT2D eigenvalue weighted by atomic mass is 16.2. The average molecular weight is 261 g/mol. The predicted octanol–water partition coefficient (Wildman–Crippen LogP) is 1.54. The molecule has 19 heavy (non-hydrogen) atoms. The van der Waals surface area contributed by atoms with Gasteiger partial charge in [0.25, 0.3) is 0 Å². The zero-order chi connectivity index (χ0) is 13.8. The van der Waals surface area contributed by atoms with E-state index < -0.39 is 0 Å². The van der Waals surface area contributed by atoms with Crippen LogP contribution in [0, 0.1) is 13.8 Å². The van der Waals surface area contributed by atoms with E-state index in [4.69, 9.17) is 0 Å². The molecule has 4 heteroatoms. The largest absolute Gasteiger partial charge is 0.324 e. The van der Waals surface area contributed by atoms with Gasteiger partial charge < -0.3 is 10.6 Å². The van der Waals surface area contributed by atoms with Crippen molar-refractivity contribution in [3.05, 3.63) is 29.3 Å². The lowest BCUT2D eigenvalue weighted by Crippen LogP contribution is -2.51. The lowest BCUT2D eigenvalue weighted by molar-refractivity contribution is -0.120. The summed E-state index contributed by atoms with van der Waals surface area (Å²) in [5.74, 6) is 0.0776. The fourth-order valence-electron chi connectivity index (χ4n) is 2.43. The fourth-order valence-corrected chi connectivity index (χ4v) is 2.43. The first-order valence-corrected chi connectivity index (χ1v) is 6.91. The predicted molar refractivity (Wildman–Crippen MR) is 78.5 cm³/mol. The monoisotopic (exact) mass is 261 g/mol. The number of benzene rings is 1. The molecule has 2 N–H and O–H groups in total. The van der Waals surface area contributed by atoms with Crippen LogP contribution in [0.15, 0.2) is 18.2 Å². The van der Waals surface area contributed by atoms with Crippen LogP contribution in [0.1, 0.15) is 18.1 Å². The van der Waals surface area contributed by atoms with Gasteiger partial charge in [0, 0.05) is 31.9 Å². The maximum atomic E-state index is 12.3. The summed E-state index contributed by atoms with van der Waals surface area (Å²) < 4.78 is 0. The number of anilines is 1. The van der Waals surface area contributed by atoms with Crippen molar-refractivity contribution in [3.63, 3.8) is 0 Å². The maximum Gasteiger partial charge on any atom is 0.241 e. The van der Waals surface area contributed by atoms with Crippen LogP contribution in [-0.2, 0) is 4.79 Å². The smallest absolute Gasteiger partial charge is 0.241 e. The summed E-state index contributed by atoms with van der Waals surface area (Å²) in [5.41, 5.74) is 3.24. The van der Waals surface area contributed by atoms with Gasteiger partial charge in [-0.3, -0.25) is 9.69 Å². The van der Waals surface area contributed by atoms with Crippen molar-refractivity contribution < 1.29 is 4.79 Å². The second kappa shape index (κ2) is 6.17. The van der Waals surface area contributed by atoms with Crippen LogP contribution in [0.4, 0.5) is 5.69 Å². The first kappa shape index (κ1) is 14.0. The molecule has 0 aromatic heterocycles. The van der Waals surface area contributed by atoms with Crippen molar-refractivity contribution in [2.45, 2.75) is 26.8 Å². The van der Waals surface area contributed by atoms with Gasteiger partial charge in [0.05, 0.1) is 6.04 Å². The zero-order valence-electron chi connectivity index (χ0n) is 12.0. The summed E-state index contributed by atoms with van der Waals surface area (Å²) in [6, 6.07) is 6.01. The molecule has 104 valence electrons. The molecule has 1 aromatic carbocycles. The number of piperazine rings is 1. The maximum absolute atomic E-state index is 12.3. The summed E-state index contributed by atoms with van der Waals surface area (Å²) in [6.45, 7) is 9.84. The van der Waals surface area contributed by atoms with Crippen LogP contribution in [0.3, 0.4) is 0 Å². The molecule has 1 atom stereocenters. The third kappa shape index (κ3) is 3.55. The van der Waals surface area contributed by atoms with Crippen molar-refractivity contribution in [1.82, 2.24) is 10.2 Å². The Balaban J connectivity index is 1.99. The molecule has 0 spiro atoms. The van der Waals surface area contributed by atoms with E-state index in [0.717, 1.165) is 37.4 Å². The second-order valence-electron chi connectivity index (χ2n) is 5.27. The van der Waals surface area contributed by atoms with Crippen LogP contribution in [0.2, 0.25) is 0 Å². The van der Waals surface area contributed by atoms with Crippen molar-refractivity contribution in [2.24, 2.45) is 0 Å². The first-order chi connectivity index (χ1) is 9.08. The van der Waals surface area contributed by atoms with E-state index in [-0.39, 0.29) is 11.9 Å². The Morgan fingerprint density at radius 2 is 2.00 bits per heavy atom. The summed E-state index contributed by atoms with van der Waals surface area (Å²) >= 11 is 0. The highest BCUT2D eigenvalue weighted by molar-refractivity contribution is 5.95. The number of hydrogen-bond acceptors (Lipinski definition) is 3. The minimum Gasteiger partial charge on any atom is -0.324 e. The molecule has 1 amide bonds. The molecule has 0 aliphatic carbocycles. The van der Waals surface area contributed by atoms with Gasteiger partial charge in [-0.2, -0.15) is 0 Å². The fraction of sp³-hybridized carbons (Fsp3) is 0.533. The number of amides is 1. The van der Waals surface area contributed by atoms with Crippen LogP contribution in [-0.4, -0.2) is 43.0 Å². The Bertz CT molecular complexity index is 453. The van der Waals surface area contributed by atoms with Gasteiger partial charge in [0.15, 0.2) is 0 Å². The van der Waals surface area contributed by atoms with E-state index in [0.29, 0.717) is 0 Å². The number of rotatable bonds is 3. The van der Waals surface area contributed by atoms with Crippen molar-refractivity contribution in [1.29, 1.82) is 0 Å². The number of carbonyl (C=O) groups is 1. The minimum absolute atomic E-state index is 0.0776. The van der Waals surface area contributed by atoms with Crippen molar-refractivity contribution in [3.8, 4) is 0 Å². The van der Waals surface area contributed by atoms with Crippen molar-refractivity contribution >= 4 is 11.6 Å². The number of aryl methyl sites for hydroxylation is 2. The highest BCUT2D eigenvalue weighted by Crippen LogP contribution is 2.16. The molecule has 1 unspecified atom stereocenters. The van der Waals surface area contributed by atoms with Gasteiger partial charge in [-0.05, 0) is 32.4 Å². The van der Waals surface area contributed by atoms with E-state index in [1.165, 1.54) is 5.56 Å². The van der Waals surface area contributed by atoms with E-state index in [1.54, 1.807) is 0 Å². The SMILES string of the molecule is Cc1ccc(NC(=O)C(C)N2CCNCC2)c(C)c1. The summed E-state index contributed by atoms with van der Waals surface area (Å²) in [5, 5.41) is 6.33. The molecule has 1 heterocycles. The molecule has 1 fully saturated rings. The van der Waals surface area contributed by atoms with Gasteiger partial charge >= 0.3 is 0 Å². The lowest BCUT2D eigenvalue weighted by Gasteiger charge is -2.31. The Hall–Kier alpha value is -1.39. The van der Waals surface area contributed by atoms with Crippen molar-refractivity contribution in [2.75, 3.05) is 31.5 Å². The lowest BCUT2D eigenvalue weighted by atomic mass is 10.1. The third-order valence-electron chi connectivity index (χ3n) is 3.72. The number of carbonyl (C=O) groups excluding carboxylic acids is 1. The van der Waals surface area contributed by atoms with Gasteiger partial charge in [0.2, 0.25) is 5.91 Å². The Kier molecular flexibility index (Phi) is 4.56. The molecule has 1 aliphatic rings. The molecule has 0 radical (unpaired) electrons. The number of nitrogens with zero attached hydrogens (tertiary/aromatic N) is 1. The number of nitrogens with one attached hydrogen (secondary N) is 2. The summed E-state index contributed by atoms with van der Waals surface area (Å²) in [7, 11) is 0. The normalized spacial score (nSPS) is 18.1. The third-order valence-corrected chi connectivity index (χ3v) is 3.72. The van der Waals surface area contributed by atoms with E-state index in [1.807, 2.05) is 26.0 Å². The van der Waals surface area contributed by atoms with Gasteiger partial charge in [-0.25, -0.2) is 0 Å². The van der Waals surface area contributed by atoms with Crippen LogP contribution >= 0.6 is 0 Å². The molecule has 1 aliphatic heterocycles. The molecule has 4 nitrogen and oxygen atoms in total. The van der Waals surface area contributed by atoms with E-state index in [9.17, 15) is 4.79 Å². The number of hydrogen-bond donors (Lipinski definition) is 2. The highest BCUT2D eigenvalue weighted by Gasteiger charge is 2.22. The molecule has 0 saturated carbocycles. The quantitative estimate of drug-likeness (QED) is 0.867. The second-order valence-corrected chi connectivity index (χ2v) is 5.27. The van der Waals surface area contributed by atoms with Crippen LogP contribution < -0.4 is 10.6 Å². The first-order valence-electron chi connectivity index (χ1n) is 6.91. The van der Waals surface area contributed by atoms with Gasteiger partial charge in [-0.1, -0.05) is 17.7 Å². The van der Waals surface area contributed by atoms with E-state index in [2.05, 4.69) is 28.5 Å². The zero-order valence-corrected chi connectivity index (χ0v) is 12.0. The average Bonchev–Trinajstić information content (AvgIpc) is 2.42.